The van der Waals surface area contributed by atoms with Crippen LogP contribution in [0.3, 0.4) is 0 Å². The molecule has 0 aromatic carbocycles. The number of hydrogen-bond acceptors (Lipinski definition) is 8. The minimum atomic E-state index is -0.907. The van der Waals surface area contributed by atoms with Gasteiger partial charge in [0.25, 0.3) is 0 Å². The van der Waals surface area contributed by atoms with Crippen molar-refractivity contribution in [3.05, 3.63) is 30.1 Å². The molecule has 8 nitrogen and oxygen atoms in total. The second-order valence-electron chi connectivity index (χ2n) is 10.1. The number of allylic oxidation sites excluding steroid dienone is 1. The summed E-state index contributed by atoms with van der Waals surface area (Å²) in [5.74, 6) is 1.24. The van der Waals surface area contributed by atoms with E-state index >= 15 is 0 Å². The fraction of sp³-hybridized carbons (Fsp3) is 0.615. The van der Waals surface area contributed by atoms with E-state index in [1.165, 1.54) is 0 Å². The van der Waals surface area contributed by atoms with Crippen molar-refractivity contribution >= 4 is 23.1 Å². The zero-order chi connectivity index (χ0) is 24.5. The molecule has 0 bridgehead atoms. The highest BCUT2D eigenvalue weighted by atomic mass is 16.5. The number of Topliss-reactive ketones (excluding diaryl/α,β-unsaturated/α-hetero) is 2. The Labute approximate surface area is 202 Å². The summed E-state index contributed by atoms with van der Waals surface area (Å²) in [6, 6.07) is 2.01. The predicted molar refractivity (Wildman–Crippen MR) is 132 cm³/mol. The van der Waals surface area contributed by atoms with Crippen LogP contribution in [-0.4, -0.2) is 66.3 Å². The topological polar surface area (TPSA) is 102 Å². The van der Waals surface area contributed by atoms with Crippen LogP contribution in [0.2, 0.25) is 0 Å². The average molecular weight is 468 g/mol. The first-order valence-electron chi connectivity index (χ1n) is 12.4. The van der Waals surface area contributed by atoms with Gasteiger partial charge in [0.1, 0.15) is 17.7 Å². The molecule has 1 aromatic rings. The highest BCUT2D eigenvalue weighted by molar-refractivity contribution is 6.17. The molecule has 3 fully saturated rings. The van der Waals surface area contributed by atoms with E-state index in [4.69, 9.17) is 10.5 Å². The van der Waals surface area contributed by atoms with Crippen molar-refractivity contribution in [1.29, 1.82) is 0 Å². The molecule has 1 aliphatic heterocycles. The lowest BCUT2D eigenvalue weighted by atomic mass is 9.62. The summed E-state index contributed by atoms with van der Waals surface area (Å²) < 4.78 is 6.29. The van der Waals surface area contributed by atoms with Gasteiger partial charge in [0.2, 0.25) is 5.88 Å². The van der Waals surface area contributed by atoms with Gasteiger partial charge in [-0.25, -0.2) is 4.98 Å². The molecule has 8 heteroatoms. The smallest absolute Gasteiger partial charge is 0.219 e. The van der Waals surface area contributed by atoms with Crippen molar-refractivity contribution in [3.63, 3.8) is 0 Å². The molecule has 4 rings (SSSR count). The quantitative estimate of drug-likeness (QED) is 0.387. The molecule has 1 saturated heterocycles. The van der Waals surface area contributed by atoms with E-state index in [1.54, 1.807) is 6.07 Å². The third-order valence-electron chi connectivity index (χ3n) is 7.69. The van der Waals surface area contributed by atoms with Crippen molar-refractivity contribution in [2.45, 2.75) is 69.9 Å². The van der Waals surface area contributed by atoms with Gasteiger partial charge in [-0.05, 0) is 64.6 Å². The van der Waals surface area contributed by atoms with Crippen LogP contribution in [0.1, 0.15) is 63.6 Å². The molecule has 3 atom stereocenters. The van der Waals surface area contributed by atoms with Crippen LogP contribution >= 0.6 is 0 Å². The Bertz CT molecular complexity index is 1000. The van der Waals surface area contributed by atoms with Gasteiger partial charge < -0.3 is 15.4 Å². The van der Waals surface area contributed by atoms with E-state index in [-0.39, 0.29) is 35.2 Å². The summed E-state index contributed by atoms with van der Waals surface area (Å²) >= 11 is 0. The number of ether oxygens (including phenoxy) is 1. The van der Waals surface area contributed by atoms with Gasteiger partial charge in [-0.2, -0.15) is 4.98 Å². The number of aromatic nitrogens is 2. The number of carbonyl (C=O) groups excluding carboxylic acids is 2. The second kappa shape index (κ2) is 9.86. The largest absolute Gasteiger partial charge is 0.468 e. The lowest BCUT2D eigenvalue weighted by molar-refractivity contribution is -0.143. The van der Waals surface area contributed by atoms with Gasteiger partial charge in [0.05, 0.1) is 17.2 Å². The minimum absolute atomic E-state index is 0.0650. The Hall–Kier alpha value is -2.74. The predicted octanol–water partition coefficient (Wildman–Crippen LogP) is 3.12. The van der Waals surface area contributed by atoms with Crippen molar-refractivity contribution in [2.24, 2.45) is 11.1 Å². The summed E-state index contributed by atoms with van der Waals surface area (Å²) in [4.78, 5) is 39.8. The molecule has 2 aliphatic carbocycles. The molecule has 0 radical (unpaired) electrons. The normalized spacial score (nSPS) is 28.1. The molecule has 0 unspecified atom stereocenters. The summed E-state index contributed by atoms with van der Waals surface area (Å²) in [5, 5.41) is 0. The number of ketones is 2. The number of nitrogens with two attached hydrogens (primary N) is 1. The SMILES string of the molecule is C=C[C@H](Oc1cc(N(C)C)nc(/C(N)=C2\CCC[C@@]3(CCCCC3=O)C2=O)n1)[C@@H]1CCCN1C. The number of hydrogen-bond donors (Lipinski definition) is 1. The highest BCUT2D eigenvalue weighted by Gasteiger charge is 2.49. The first kappa shape index (κ1) is 24.4. The zero-order valence-corrected chi connectivity index (χ0v) is 20.7. The Kier molecular flexibility index (Phi) is 7.07. The van der Waals surface area contributed by atoms with E-state index in [0.29, 0.717) is 43.0 Å². The van der Waals surface area contributed by atoms with E-state index in [1.807, 2.05) is 25.1 Å². The zero-order valence-electron chi connectivity index (χ0n) is 20.7. The van der Waals surface area contributed by atoms with Crippen molar-refractivity contribution < 1.29 is 14.3 Å². The fourth-order valence-corrected chi connectivity index (χ4v) is 5.67. The van der Waals surface area contributed by atoms with Gasteiger partial charge in [0, 0.05) is 32.2 Å². The molecule has 1 spiro atoms. The van der Waals surface area contributed by atoms with Crippen LogP contribution in [0.15, 0.2) is 24.3 Å². The van der Waals surface area contributed by atoms with Gasteiger partial charge in [-0.1, -0.05) is 13.0 Å². The lowest BCUT2D eigenvalue weighted by Crippen LogP contribution is -2.45. The summed E-state index contributed by atoms with van der Waals surface area (Å²) in [7, 11) is 5.86. The maximum Gasteiger partial charge on any atom is 0.219 e. The Morgan fingerprint density at radius 3 is 2.65 bits per heavy atom. The van der Waals surface area contributed by atoms with Crippen LogP contribution in [0.25, 0.3) is 5.70 Å². The highest BCUT2D eigenvalue weighted by Crippen LogP contribution is 2.45. The molecule has 0 amide bonds. The Balaban J connectivity index is 1.69. The van der Waals surface area contributed by atoms with Gasteiger partial charge in [0.15, 0.2) is 11.6 Å². The van der Waals surface area contributed by atoms with Gasteiger partial charge in [-0.15, -0.1) is 0 Å². The fourth-order valence-electron chi connectivity index (χ4n) is 5.67. The van der Waals surface area contributed by atoms with E-state index in [2.05, 4.69) is 28.5 Å². The van der Waals surface area contributed by atoms with E-state index in [0.717, 1.165) is 38.6 Å². The van der Waals surface area contributed by atoms with Crippen LogP contribution in [-0.2, 0) is 9.59 Å². The van der Waals surface area contributed by atoms with E-state index in [9.17, 15) is 9.59 Å². The average Bonchev–Trinajstić information content (AvgIpc) is 3.26. The van der Waals surface area contributed by atoms with Crippen molar-refractivity contribution in [1.82, 2.24) is 14.9 Å². The number of nitrogens with zero attached hydrogens (tertiary/aromatic N) is 4. The molecule has 1 aromatic heterocycles. The molecule has 34 heavy (non-hydrogen) atoms. The van der Waals surface area contributed by atoms with Crippen LogP contribution in [0.4, 0.5) is 5.82 Å². The first-order chi connectivity index (χ1) is 16.3. The lowest BCUT2D eigenvalue weighted by Gasteiger charge is -2.38. The molecular weight excluding hydrogens is 430 g/mol. The maximum absolute atomic E-state index is 13.6. The van der Waals surface area contributed by atoms with Gasteiger partial charge >= 0.3 is 0 Å². The third kappa shape index (κ3) is 4.48. The molecule has 2 N–H and O–H groups in total. The number of anilines is 1. The Morgan fingerprint density at radius 2 is 2.00 bits per heavy atom. The van der Waals surface area contributed by atoms with Crippen LogP contribution in [0.5, 0.6) is 5.88 Å². The summed E-state index contributed by atoms with van der Waals surface area (Å²) in [6.45, 7) is 5.00. The maximum atomic E-state index is 13.6. The molecular formula is C26H37N5O3. The summed E-state index contributed by atoms with van der Waals surface area (Å²) in [6.07, 6.45) is 8.50. The summed E-state index contributed by atoms with van der Waals surface area (Å²) in [5.41, 5.74) is 6.39. The molecule has 2 heterocycles. The number of carbonyl (C=O) groups is 2. The van der Waals surface area contributed by atoms with E-state index < -0.39 is 5.41 Å². The minimum Gasteiger partial charge on any atom is -0.468 e. The molecule has 184 valence electrons. The number of rotatable bonds is 6. The first-order valence-corrected chi connectivity index (χ1v) is 12.4. The van der Waals surface area contributed by atoms with Gasteiger partial charge in [-0.3, -0.25) is 14.5 Å². The van der Waals surface area contributed by atoms with Crippen LogP contribution in [0, 0.1) is 5.41 Å². The standard InChI is InChI=1S/C26H37N5O3/c1-5-19(18-11-9-15-31(18)4)34-22-16-21(30(2)3)28-25(29-22)23(27)17-10-8-14-26(24(17)33)13-7-6-12-20(26)32/h5,16,18-19H,1,6-15,27H2,2-4H3/b23-17-/t18-,19-,26+/m0/s1. The molecule has 3 aliphatic rings. The monoisotopic (exact) mass is 467 g/mol. The third-order valence-corrected chi connectivity index (χ3v) is 7.69. The number of likely N-dealkylation sites (tertiary alicyclic amines) is 1. The van der Waals surface area contributed by atoms with Crippen LogP contribution < -0.4 is 15.4 Å². The number of likely N-dealkylation sites (N-methyl/N-ethyl adjacent to an activating group) is 1. The molecule has 2 saturated carbocycles. The van der Waals surface area contributed by atoms with Crippen molar-refractivity contribution in [2.75, 3.05) is 32.6 Å². The Morgan fingerprint density at radius 1 is 1.24 bits per heavy atom. The van der Waals surface area contributed by atoms with Crippen molar-refractivity contribution in [3.8, 4) is 5.88 Å². The second-order valence-corrected chi connectivity index (χ2v) is 10.1.